The lowest BCUT2D eigenvalue weighted by molar-refractivity contribution is -0.128. The van der Waals surface area contributed by atoms with Crippen molar-refractivity contribution in [2.24, 2.45) is 11.3 Å². The average Bonchev–Trinajstić information content (AvgIpc) is 2.59. The number of rotatable bonds is 5. The van der Waals surface area contributed by atoms with Crippen molar-refractivity contribution in [1.82, 2.24) is 15.6 Å². The van der Waals surface area contributed by atoms with Crippen LogP contribution in [-0.4, -0.2) is 43.0 Å². The molecule has 1 unspecified atom stereocenters. The van der Waals surface area contributed by atoms with Crippen LogP contribution < -0.4 is 15.5 Å². The first-order valence-corrected chi connectivity index (χ1v) is 9.08. The second-order valence-corrected chi connectivity index (χ2v) is 7.68. The summed E-state index contributed by atoms with van der Waals surface area (Å²) in [6.45, 7) is 10.8. The van der Waals surface area contributed by atoms with Gasteiger partial charge >= 0.3 is 0 Å². The lowest BCUT2D eigenvalue weighted by Gasteiger charge is -2.34. The Balaban J connectivity index is 1.92. The van der Waals surface area contributed by atoms with Gasteiger partial charge < -0.3 is 15.5 Å². The molecule has 1 saturated heterocycles. The predicted molar refractivity (Wildman–Crippen MR) is 99.6 cm³/mol. The molecule has 1 fully saturated rings. The van der Waals surface area contributed by atoms with Gasteiger partial charge in [-0.2, -0.15) is 0 Å². The van der Waals surface area contributed by atoms with Crippen molar-refractivity contribution in [3.05, 3.63) is 23.9 Å². The summed E-state index contributed by atoms with van der Waals surface area (Å²) in [7, 11) is 0. The summed E-state index contributed by atoms with van der Waals surface area (Å²) in [6.07, 6.45) is 3.82. The van der Waals surface area contributed by atoms with Crippen LogP contribution in [0, 0.1) is 11.3 Å². The largest absolute Gasteiger partial charge is 0.356 e. The molecule has 1 atom stereocenters. The van der Waals surface area contributed by atoms with Gasteiger partial charge in [0.1, 0.15) is 5.82 Å². The molecule has 0 aliphatic carbocycles. The molecule has 0 bridgehead atoms. The highest BCUT2D eigenvalue weighted by atomic mass is 16.2. The summed E-state index contributed by atoms with van der Waals surface area (Å²) in [5.41, 5.74) is 0.224. The molecular formula is C19H30N4O2. The number of nitrogens with zero attached hydrogens (tertiary/aromatic N) is 2. The molecule has 0 spiro atoms. The zero-order valence-electron chi connectivity index (χ0n) is 15.8. The summed E-state index contributed by atoms with van der Waals surface area (Å²) >= 11 is 0. The number of hydrogen-bond donors (Lipinski definition) is 2. The first kappa shape index (κ1) is 19.2. The molecule has 1 aliphatic rings. The first-order valence-electron chi connectivity index (χ1n) is 9.08. The van der Waals surface area contributed by atoms with Gasteiger partial charge in [-0.1, -0.05) is 20.8 Å². The number of aromatic nitrogens is 1. The lowest BCUT2D eigenvalue weighted by atomic mass is 9.94. The van der Waals surface area contributed by atoms with Crippen LogP contribution in [0.3, 0.4) is 0 Å². The zero-order chi connectivity index (χ0) is 18.4. The van der Waals surface area contributed by atoms with Gasteiger partial charge in [0.15, 0.2) is 0 Å². The van der Waals surface area contributed by atoms with Gasteiger partial charge in [-0.05, 0) is 37.8 Å². The number of piperidine rings is 1. The van der Waals surface area contributed by atoms with Gasteiger partial charge in [0, 0.05) is 37.8 Å². The minimum Gasteiger partial charge on any atom is -0.356 e. The molecule has 2 heterocycles. The van der Waals surface area contributed by atoms with Gasteiger partial charge in [-0.3, -0.25) is 9.59 Å². The van der Waals surface area contributed by atoms with E-state index in [0.29, 0.717) is 24.6 Å². The molecule has 2 amide bonds. The van der Waals surface area contributed by atoms with E-state index in [9.17, 15) is 9.59 Å². The number of carbonyl (C=O) groups is 2. The molecule has 138 valence electrons. The van der Waals surface area contributed by atoms with E-state index in [2.05, 4.69) is 20.5 Å². The Labute approximate surface area is 150 Å². The summed E-state index contributed by atoms with van der Waals surface area (Å²) in [5, 5.41) is 5.84. The van der Waals surface area contributed by atoms with Crippen LogP contribution in [0.2, 0.25) is 0 Å². The maximum Gasteiger partial charge on any atom is 0.252 e. The van der Waals surface area contributed by atoms with E-state index < -0.39 is 0 Å². The third-order valence-electron chi connectivity index (χ3n) is 4.42. The average molecular weight is 346 g/mol. The third kappa shape index (κ3) is 5.44. The van der Waals surface area contributed by atoms with Gasteiger partial charge in [0.2, 0.25) is 5.91 Å². The quantitative estimate of drug-likeness (QED) is 0.857. The summed E-state index contributed by atoms with van der Waals surface area (Å²) in [6, 6.07) is 3.72. The predicted octanol–water partition coefficient (Wildman–Crippen LogP) is 2.21. The Bertz CT molecular complexity index is 592. The number of nitrogens with one attached hydrogen (secondary N) is 2. The number of anilines is 1. The molecule has 2 rings (SSSR count). The number of amides is 2. The second-order valence-electron chi connectivity index (χ2n) is 7.68. The van der Waals surface area contributed by atoms with E-state index in [1.165, 1.54) is 0 Å². The maximum atomic E-state index is 12.0. The van der Waals surface area contributed by atoms with E-state index in [1.807, 2.05) is 39.8 Å². The Hall–Kier alpha value is -2.11. The Morgan fingerprint density at radius 1 is 1.28 bits per heavy atom. The molecule has 6 nitrogen and oxygen atoms in total. The van der Waals surface area contributed by atoms with Crippen LogP contribution in [0.1, 0.15) is 50.9 Å². The van der Waals surface area contributed by atoms with Crippen LogP contribution in [0.15, 0.2) is 18.3 Å². The molecule has 6 heteroatoms. The molecule has 1 aliphatic heterocycles. The van der Waals surface area contributed by atoms with E-state index in [4.69, 9.17) is 0 Å². The summed E-state index contributed by atoms with van der Waals surface area (Å²) < 4.78 is 0. The standard InChI is InChI=1S/C19H30N4O2/c1-5-20-17(24)15-8-9-16(21-12-15)23-10-6-7-14(13-23)11-22-18(25)19(2,3)4/h8-9,12,14H,5-7,10-11,13H2,1-4H3,(H,20,24)(H,22,25). The Morgan fingerprint density at radius 3 is 2.64 bits per heavy atom. The minimum absolute atomic E-state index is 0.0917. The van der Waals surface area contributed by atoms with E-state index >= 15 is 0 Å². The summed E-state index contributed by atoms with van der Waals surface area (Å²) in [4.78, 5) is 30.5. The smallest absolute Gasteiger partial charge is 0.252 e. The lowest BCUT2D eigenvalue weighted by Crippen LogP contribution is -2.43. The highest BCUT2D eigenvalue weighted by Gasteiger charge is 2.25. The third-order valence-corrected chi connectivity index (χ3v) is 4.42. The van der Waals surface area contributed by atoms with Crippen molar-refractivity contribution in [2.45, 2.75) is 40.5 Å². The van der Waals surface area contributed by atoms with Gasteiger partial charge in [0.05, 0.1) is 5.56 Å². The number of carbonyl (C=O) groups excluding carboxylic acids is 2. The Kier molecular flexibility index (Phi) is 6.39. The normalized spacial score (nSPS) is 17.9. The highest BCUT2D eigenvalue weighted by Crippen LogP contribution is 2.22. The molecule has 0 saturated carbocycles. The van der Waals surface area contributed by atoms with Gasteiger partial charge in [-0.25, -0.2) is 4.98 Å². The zero-order valence-corrected chi connectivity index (χ0v) is 15.8. The van der Waals surface area contributed by atoms with Crippen molar-refractivity contribution in [3.63, 3.8) is 0 Å². The fraction of sp³-hybridized carbons (Fsp3) is 0.632. The monoisotopic (exact) mass is 346 g/mol. The van der Waals surface area contributed by atoms with E-state index in [0.717, 1.165) is 31.7 Å². The van der Waals surface area contributed by atoms with Crippen molar-refractivity contribution in [2.75, 3.05) is 31.1 Å². The second kappa shape index (κ2) is 8.32. The van der Waals surface area contributed by atoms with Crippen LogP contribution >= 0.6 is 0 Å². The molecule has 0 aromatic carbocycles. The highest BCUT2D eigenvalue weighted by molar-refractivity contribution is 5.94. The molecule has 25 heavy (non-hydrogen) atoms. The maximum absolute atomic E-state index is 12.0. The number of hydrogen-bond acceptors (Lipinski definition) is 4. The fourth-order valence-corrected chi connectivity index (χ4v) is 2.91. The van der Waals surface area contributed by atoms with Crippen LogP contribution in [0.4, 0.5) is 5.82 Å². The topological polar surface area (TPSA) is 74.3 Å². The molecular weight excluding hydrogens is 316 g/mol. The van der Waals surface area contributed by atoms with Gasteiger partial charge in [0.25, 0.3) is 5.91 Å². The van der Waals surface area contributed by atoms with Gasteiger partial charge in [-0.15, -0.1) is 0 Å². The number of pyridine rings is 1. The van der Waals surface area contributed by atoms with Crippen molar-refractivity contribution in [3.8, 4) is 0 Å². The van der Waals surface area contributed by atoms with E-state index in [-0.39, 0.29) is 17.2 Å². The van der Waals surface area contributed by atoms with Crippen LogP contribution in [-0.2, 0) is 4.79 Å². The molecule has 1 aromatic heterocycles. The first-order chi connectivity index (χ1) is 11.8. The van der Waals surface area contributed by atoms with Crippen molar-refractivity contribution < 1.29 is 9.59 Å². The minimum atomic E-state index is -0.356. The SMILES string of the molecule is CCNC(=O)c1ccc(N2CCCC(CNC(=O)C(C)(C)C)C2)nc1. The van der Waals surface area contributed by atoms with Crippen LogP contribution in [0.5, 0.6) is 0 Å². The summed E-state index contributed by atoms with van der Waals surface area (Å²) in [5.74, 6) is 1.31. The van der Waals surface area contributed by atoms with Crippen molar-refractivity contribution in [1.29, 1.82) is 0 Å². The Morgan fingerprint density at radius 2 is 2.04 bits per heavy atom. The van der Waals surface area contributed by atoms with E-state index in [1.54, 1.807) is 6.20 Å². The molecule has 2 N–H and O–H groups in total. The van der Waals surface area contributed by atoms with Crippen LogP contribution in [0.25, 0.3) is 0 Å². The van der Waals surface area contributed by atoms with Crippen molar-refractivity contribution >= 4 is 17.6 Å². The molecule has 0 radical (unpaired) electrons. The molecule has 1 aromatic rings. The fourth-order valence-electron chi connectivity index (χ4n) is 2.91.